The monoisotopic (exact) mass is 279 g/mol. The van der Waals surface area contributed by atoms with E-state index in [2.05, 4.69) is 5.32 Å². The van der Waals surface area contributed by atoms with Gasteiger partial charge in [0.25, 0.3) is 5.91 Å². The maximum absolute atomic E-state index is 11.9. The number of rotatable bonds is 4. The van der Waals surface area contributed by atoms with Gasteiger partial charge in [0.1, 0.15) is 17.0 Å². The fourth-order valence-electron chi connectivity index (χ4n) is 1.61. The molecule has 100 valence electrons. The lowest BCUT2D eigenvalue weighted by atomic mass is 10.2. The number of nitrogens with one attached hydrogen (secondary N) is 1. The maximum atomic E-state index is 11.9. The minimum absolute atomic E-state index is 0.121. The minimum Gasteiger partial charge on any atom is -0.478 e. The number of thiophene rings is 1. The molecule has 0 unspecified atom stereocenters. The molecule has 0 aliphatic rings. The Hall–Kier alpha value is -2.08. The van der Waals surface area contributed by atoms with Gasteiger partial charge in [-0.2, -0.15) is 0 Å². The van der Waals surface area contributed by atoms with Crippen molar-refractivity contribution in [3.8, 4) is 0 Å². The third kappa shape index (κ3) is 2.85. The number of carboxylic acid groups (broad SMARTS) is 1. The predicted octanol–water partition coefficient (Wildman–Crippen LogP) is 3.16. The van der Waals surface area contributed by atoms with E-state index >= 15 is 0 Å². The topological polar surface area (TPSA) is 79.5 Å². The molecule has 5 nitrogen and oxygen atoms in total. The molecule has 0 fully saturated rings. The first kappa shape index (κ1) is 13.4. The van der Waals surface area contributed by atoms with Crippen LogP contribution in [-0.4, -0.2) is 17.0 Å². The van der Waals surface area contributed by atoms with Gasteiger partial charge in [-0.05, 0) is 25.5 Å². The summed E-state index contributed by atoms with van der Waals surface area (Å²) >= 11 is 1.27. The van der Waals surface area contributed by atoms with E-state index in [1.165, 1.54) is 17.6 Å². The molecule has 0 radical (unpaired) electrons. The Morgan fingerprint density at radius 1 is 1.42 bits per heavy atom. The van der Waals surface area contributed by atoms with E-state index in [0.29, 0.717) is 16.3 Å². The Balaban J connectivity index is 2.25. The number of aromatic carboxylic acids is 1. The third-order valence-electron chi connectivity index (χ3n) is 2.58. The van der Waals surface area contributed by atoms with Crippen LogP contribution in [0.2, 0.25) is 0 Å². The highest BCUT2D eigenvalue weighted by Gasteiger charge is 2.18. The molecule has 2 aromatic rings. The van der Waals surface area contributed by atoms with E-state index < -0.39 is 5.97 Å². The van der Waals surface area contributed by atoms with E-state index in [-0.39, 0.29) is 11.5 Å². The predicted molar refractivity (Wildman–Crippen MR) is 72.1 cm³/mol. The van der Waals surface area contributed by atoms with Crippen LogP contribution in [-0.2, 0) is 6.42 Å². The van der Waals surface area contributed by atoms with Gasteiger partial charge in [-0.1, -0.05) is 6.92 Å². The largest absolute Gasteiger partial charge is 0.478 e. The fraction of sp³-hybridized carbons (Fsp3) is 0.231. The van der Waals surface area contributed by atoms with Crippen LogP contribution in [0.1, 0.15) is 38.3 Å². The van der Waals surface area contributed by atoms with Crippen LogP contribution in [0.25, 0.3) is 0 Å². The second kappa shape index (κ2) is 5.27. The van der Waals surface area contributed by atoms with Crippen molar-refractivity contribution in [1.29, 1.82) is 0 Å². The van der Waals surface area contributed by atoms with Crippen molar-refractivity contribution < 1.29 is 19.1 Å². The van der Waals surface area contributed by atoms with Crippen molar-refractivity contribution in [2.24, 2.45) is 0 Å². The zero-order chi connectivity index (χ0) is 14.0. The van der Waals surface area contributed by atoms with E-state index in [1.807, 2.05) is 6.92 Å². The standard InChI is InChI=1S/C13H13NO4S/c1-3-9-5-10(13(16)17)12(19-9)14-11(15)8-4-7(2)18-6-8/h4-6H,3H2,1-2H3,(H,14,15)(H,16,17). The second-order valence-corrected chi connectivity index (χ2v) is 5.15. The number of carbonyl (C=O) groups is 2. The molecule has 0 spiro atoms. The summed E-state index contributed by atoms with van der Waals surface area (Å²) in [6.45, 7) is 3.67. The highest BCUT2D eigenvalue weighted by atomic mass is 32.1. The van der Waals surface area contributed by atoms with Crippen molar-refractivity contribution in [1.82, 2.24) is 0 Å². The molecule has 2 aromatic heterocycles. The average molecular weight is 279 g/mol. The van der Waals surface area contributed by atoms with E-state index in [0.717, 1.165) is 11.3 Å². The lowest BCUT2D eigenvalue weighted by Gasteiger charge is -2.01. The maximum Gasteiger partial charge on any atom is 0.338 e. The smallest absolute Gasteiger partial charge is 0.338 e. The van der Waals surface area contributed by atoms with Crippen LogP contribution in [0, 0.1) is 6.92 Å². The minimum atomic E-state index is -1.05. The Morgan fingerprint density at radius 2 is 2.16 bits per heavy atom. The Labute approximate surface area is 113 Å². The van der Waals surface area contributed by atoms with Crippen molar-refractivity contribution in [2.45, 2.75) is 20.3 Å². The summed E-state index contributed by atoms with van der Waals surface area (Å²) in [5, 5.41) is 12.1. The highest BCUT2D eigenvalue weighted by molar-refractivity contribution is 7.16. The number of hydrogen-bond acceptors (Lipinski definition) is 4. The quantitative estimate of drug-likeness (QED) is 0.901. The van der Waals surface area contributed by atoms with Crippen molar-refractivity contribution in [3.63, 3.8) is 0 Å². The van der Waals surface area contributed by atoms with Crippen LogP contribution in [0.5, 0.6) is 0 Å². The SMILES string of the molecule is CCc1cc(C(=O)O)c(NC(=O)c2coc(C)c2)s1. The van der Waals surface area contributed by atoms with Gasteiger partial charge < -0.3 is 14.8 Å². The van der Waals surface area contributed by atoms with E-state index in [4.69, 9.17) is 9.52 Å². The lowest BCUT2D eigenvalue weighted by Crippen LogP contribution is -2.12. The van der Waals surface area contributed by atoms with Gasteiger partial charge in [0.2, 0.25) is 0 Å². The zero-order valence-electron chi connectivity index (χ0n) is 10.5. The summed E-state index contributed by atoms with van der Waals surface area (Å²) in [6.07, 6.45) is 2.07. The summed E-state index contributed by atoms with van der Waals surface area (Å²) < 4.78 is 5.05. The molecule has 0 saturated carbocycles. The van der Waals surface area contributed by atoms with Gasteiger partial charge in [-0.3, -0.25) is 4.79 Å². The Kier molecular flexibility index (Phi) is 3.71. The molecular formula is C13H13NO4S. The van der Waals surface area contributed by atoms with E-state index in [9.17, 15) is 9.59 Å². The summed E-state index contributed by atoms with van der Waals surface area (Å²) in [7, 11) is 0. The van der Waals surface area contributed by atoms with Gasteiger partial charge in [0, 0.05) is 4.88 Å². The van der Waals surface area contributed by atoms with Crippen LogP contribution in [0.15, 0.2) is 22.8 Å². The summed E-state index contributed by atoms with van der Waals surface area (Å²) in [5.41, 5.74) is 0.496. The lowest BCUT2D eigenvalue weighted by molar-refractivity contribution is 0.0698. The number of hydrogen-bond donors (Lipinski definition) is 2. The van der Waals surface area contributed by atoms with Crippen LogP contribution >= 0.6 is 11.3 Å². The first-order valence-corrected chi connectivity index (χ1v) is 6.55. The molecule has 0 aliphatic heterocycles. The van der Waals surface area contributed by atoms with Gasteiger partial charge in [0.15, 0.2) is 0 Å². The number of aryl methyl sites for hydroxylation is 2. The molecule has 6 heteroatoms. The van der Waals surface area contributed by atoms with Crippen LogP contribution in [0.4, 0.5) is 5.00 Å². The molecule has 1 amide bonds. The molecule has 0 bridgehead atoms. The van der Waals surface area contributed by atoms with Crippen LogP contribution in [0.3, 0.4) is 0 Å². The molecule has 2 heterocycles. The summed E-state index contributed by atoms with van der Waals surface area (Å²) in [6, 6.07) is 3.19. The molecule has 0 saturated heterocycles. The number of anilines is 1. The van der Waals surface area contributed by atoms with Crippen molar-refractivity contribution in [2.75, 3.05) is 5.32 Å². The summed E-state index contributed by atoms with van der Waals surface area (Å²) in [5.74, 6) is -0.789. The molecule has 2 rings (SSSR count). The first-order valence-electron chi connectivity index (χ1n) is 5.73. The van der Waals surface area contributed by atoms with Crippen LogP contribution < -0.4 is 5.32 Å². The Morgan fingerprint density at radius 3 is 2.68 bits per heavy atom. The number of carbonyl (C=O) groups excluding carboxylic acids is 1. The van der Waals surface area contributed by atoms with Gasteiger partial charge in [0.05, 0.1) is 11.1 Å². The van der Waals surface area contributed by atoms with Gasteiger partial charge >= 0.3 is 5.97 Å². The normalized spacial score (nSPS) is 10.4. The van der Waals surface area contributed by atoms with Gasteiger partial charge in [-0.25, -0.2) is 4.79 Å². The number of carboxylic acids is 1. The molecule has 0 aromatic carbocycles. The number of furan rings is 1. The fourth-order valence-corrected chi connectivity index (χ4v) is 2.59. The van der Waals surface area contributed by atoms with E-state index in [1.54, 1.807) is 19.1 Å². The molecule has 19 heavy (non-hydrogen) atoms. The Bertz CT molecular complexity index is 626. The zero-order valence-corrected chi connectivity index (χ0v) is 11.3. The third-order valence-corrected chi connectivity index (χ3v) is 3.78. The summed E-state index contributed by atoms with van der Waals surface area (Å²) in [4.78, 5) is 24.0. The molecule has 0 atom stereocenters. The molecule has 2 N–H and O–H groups in total. The highest BCUT2D eigenvalue weighted by Crippen LogP contribution is 2.29. The molecular weight excluding hydrogens is 266 g/mol. The van der Waals surface area contributed by atoms with Crippen molar-refractivity contribution in [3.05, 3.63) is 40.2 Å². The van der Waals surface area contributed by atoms with Gasteiger partial charge in [-0.15, -0.1) is 11.3 Å². The number of amides is 1. The average Bonchev–Trinajstić information content (AvgIpc) is 2.95. The van der Waals surface area contributed by atoms with Crippen molar-refractivity contribution >= 4 is 28.2 Å². The molecule has 0 aliphatic carbocycles. The second-order valence-electron chi connectivity index (χ2n) is 4.01. The first-order chi connectivity index (χ1) is 9.01.